The predicted molar refractivity (Wildman–Crippen MR) is 58.9 cm³/mol. The Kier molecular flexibility index (Phi) is 3.95. The summed E-state index contributed by atoms with van der Waals surface area (Å²) in [6, 6.07) is 2.55. The molecule has 1 rings (SSSR count). The summed E-state index contributed by atoms with van der Waals surface area (Å²) in [7, 11) is 0. The molecule has 0 saturated carbocycles. The van der Waals surface area contributed by atoms with Crippen molar-refractivity contribution in [1.29, 1.82) is 5.26 Å². The number of rotatable bonds is 1. The Balaban J connectivity index is 2.64. The van der Waals surface area contributed by atoms with Gasteiger partial charge >= 0.3 is 0 Å². The smallest absolute Gasteiger partial charge is 0.103 e. The quantitative estimate of drug-likeness (QED) is 0.642. The van der Waals surface area contributed by atoms with Crippen LogP contribution in [-0.4, -0.2) is 24.0 Å². The van der Waals surface area contributed by atoms with Gasteiger partial charge in [-0.1, -0.05) is 33.6 Å². The van der Waals surface area contributed by atoms with E-state index in [0.717, 1.165) is 13.1 Å². The fourth-order valence-electron chi connectivity index (χ4n) is 2.18. The van der Waals surface area contributed by atoms with Crippen LogP contribution in [0.4, 0.5) is 0 Å². The average molecular weight is 194 g/mol. The normalized spacial score (nSPS) is 22.4. The number of hydrogen-bond acceptors (Lipinski definition) is 2. The van der Waals surface area contributed by atoms with Gasteiger partial charge in [-0.2, -0.15) is 5.26 Å². The lowest BCUT2D eigenvalue weighted by atomic mass is 9.86. The third kappa shape index (κ3) is 2.99. The summed E-state index contributed by atoms with van der Waals surface area (Å²) in [5.74, 6) is 0. The van der Waals surface area contributed by atoms with Crippen LogP contribution in [0.1, 0.15) is 46.5 Å². The summed E-state index contributed by atoms with van der Waals surface area (Å²) < 4.78 is 0. The second-order valence-corrected chi connectivity index (χ2v) is 5.35. The first-order valence-electron chi connectivity index (χ1n) is 5.69. The highest BCUT2D eigenvalue weighted by atomic mass is 15.2. The van der Waals surface area contributed by atoms with E-state index in [4.69, 9.17) is 0 Å². The minimum atomic E-state index is 0.0824. The lowest BCUT2D eigenvalue weighted by Gasteiger charge is -2.34. The van der Waals surface area contributed by atoms with Crippen LogP contribution in [0.5, 0.6) is 0 Å². The zero-order valence-corrected chi connectivity index (χ0v) is 9.71. The largest absolute Gasteiger partial charge is 0.288 e. The van der Waals surface area contributed by atoms with Gasteiger partial charge in [0.25, 0.3) is 0 Å². The molecule has 1 fully saturated rings. The molecule has 0 bridgehead atoms. The first-order valence-corrected chi connectivity index (χ1v) is 5.69. The SMILES string of the molecule is CC(C)(C)C(C#N)N1CCCCCC1. The summed E-state index contributed by atoms with van der Waals surface area (Å²) in [6.45, 7) is 8.69. The average Bonchev–Trinajstić information content (AvgIpc) is 2.31. The van der Waals surface area contributed by atoms with E-state index in [1.54, 1.807) is 0 Å². The lowest BCUT2D eigenvalue weighted by molar-refractivity contribution is 0.144. The van der Waals surface area contributed by atoms with Crippen LogP contribution in [0.15, 0.2) is 0 Å². The second-order valence-electron chi connectivity index (χ2n) is 5.35. The molecule has 1 aliphatic rings. The Labute approximate surface area is 87.9 Å². The van der Waals surface area contributed by atoms with E-state index in [2.05, 4.69) is 31.7 Å². The Morgan fingerprint density at radius 3 is 1.93 bits per heavy atom. The summed E-state index contributed by atoms with van der Waals surface area (Å²) >= 11 is 0. The minimum Gasteiger partial charge on any atom is -0.288 e. The van der Waals surface area contributed by atoms with Gasteiger partial charge in [0.15, 0.2) is 0 Å². The van der Waals surface area contributed by atoms with Crippen molar-refractivity contribution in [1.82, 2.24) is 4.90 Å². The highest BCUT2D eigenvalue weighted by molar-refractivity contribution is 4.99. The predicted octanol–water partition coefficient (Wildman–Crippen LogP) is 2.80. The van der Waals surface area contributed by atoms with Crippen LogP contribution in [-0.2, 0) is 0 Å². The van der Waals surface area contributed by atoms with Gasteiger partial charge in [-0.15, -0.1) is 0 Å². The number of nitriles is 1. The molecule has 0 aromatic carbocycles. The number of hydrogen-bond donors (Lipinski definition) is 0. The van der Waals surface area contributed by atoms with Crippen molar-refractivity contribution in [2.24, 2.45) is 5.41 Å². The molecule has 1 atom stereocenters. The maximum absolute atomic E-state index is 9.21. The Hall–Kier alpha value is -0.550. The summed E-state index contributed by atoms with van der Waals surface area (Å²) in [5, 5.41) is 9.21. The maximum atomic E-state index is 9.21. The van der Waals surface area contributed by atoms with E-state index in [1.165, 1.54) is 25.7 Å². The van der Waals surface area contributed by atoms with Gasteiger partial charge in [0.1, 0.15) is 6.04 Å². The van der Waals surface area contributed by atoms with Crippen LogP contribution in [0, 0.1) is 16.7 Å². The summed E-state index contributed by atoms with van der Waals surface area (Å²) in [6.07, 6.45) is 5.18. The van der Waals surface area contributed by atoms with E-state index in [0.29, 0.717) is 0 Å². The van der Waals surface area contributed by atoms with Crippen LogP contribution in [0.25, 0.3) is 0 Å². The maximum Gasteiger partial charge on any atom is 0.103 e. The fraction of sp³-hybridized carbons (Fsp3) is 0.917. The molecule has 80 valence electrons. The van der Waals surface area contributed by atoms with Gasteiger partial charge in [-0.25, -0.2) is 0 Å². The molecule has 14 heavy (non-hydrogen) atoms. The van der Waals surface area contributed by atoms with Crippen molar-refractivity contribution in [3.8, 4) is 6.07 Å². The van der Waals surface area contributed by atoms with E-state index in [-0.39, 0.29) is 11.5 Å². The van der Waals surface area contributed by atoms with Crippen molar-refractivity contribution < 1.29 is 0 Å². The van der Waals surface area contributed by atoms with Gasteiger partial charge in [-0.05, 0) is 31.3 Å². The zero-order chi connectivity index (χ0) is 10.6. The van der Waals surface area contributed by atoms with Crippen molar-refractivity contribution in [2.45, 2.75) is 52.5 Å². The van der Waals surface area contributed by atoms with Crippen LogP contribution in [0.3, 0.4) is 0 Å². The summed E-state index contributed by atoms with van der Waals surface area (Å²) in [4.78, 5) is 2.37. The molecular formula is C12H22N2. The van der Waals surface area contributed by atoms with Gasteiger partial charge < -0.3 is 0 Å². The molecule has 0 radical (unpaired) electrons. The van der Waals surface area contributed by atoms with E-state index >= 15 is 0 Å². The molecule has 1 saturated heterocycles. The van der Waals surface area contributed by atoms with E-state index in [1.807, 2.05) is 0 Å². The molecule has 1 unspecified atom stereocenters. The fourth-order valence-corrected chi connectivity index (χ4v) is 2.18. The highest BCUT2D eigenvalue weighted by Crippen LogP contribution is 2.25. The molecule has 1 aliphatic heterocycles. The molecule has 0 amide bonds. The van der Waals surface area contributed by atoms with Gasteiger partial charge in [0.05, 0.1) is 6.07 Å². The molecule has 0 N–H and O–H groups in total. The van der Waals surface area contributed by atoms with Crippen LogP contribution in [0.2, 0.25) is 0 Å². The second kappa shape index (κ2) is 4.79. The molecule has 0 aliphatic carbocycles. The Bertz CT molecular complexity index is 201. The zero-order valence-electron chi connectivity index (χ0n) is 9.71. The lowest BCUT2D eigenvalue weighted by Crippen LogP contribution is -2.43. The van der Waals surface area contributed by atoms with Crippen molar-refractivity contribution in [3.05, 3.63) is 0 Å². The Morgan fingerprint density at radius 1 is 1.07 bits per heavy atom. The standard InChI is InChI=1S/C12H22N2/c1-12(2,3)11(10-13)14-8-6-4-5-7-9-14/h11H,4-9H2,1-3H3. The van der Waals surface area contributed by atoms with Gasteiger partial charge in [-0.3, -0.25) is 4.90 Å². The monoisotopic (exact) mass is 194 g/mol. The minimum absolute atomic E-state index is 0.0824. The third-order valence-electron chi connectivity index (χ3n) is 2.95. The van der Waals surface area contributed by atoms with Crippen molar-refractivity contribution in [3.63, 3.8) is 0 Å². The first kappa shape index (κ1) is 11.5. The highest BCUT2D eigenvalue weighted by Gasteiger charge is 2.30. The van der Waals surface area contributed by atoms with Gasteiger partial charge in [0.2, 0.25) is 0 Å². The molecular weight excluding hydrogens is 172 g/mol. The van der Waals surface area contributed by atoms with Gasteiger partial charge in [0, 0.05) is 0 Å². The molecule has 2 nitrogen and oxygen atoms in total. The van der Waals surface area contributed by atoms with Crippen LogP contribution >= 0.6 is 0 Å². The van der Waals surface area contributed by atoms with Crippen molar-refractivity contribution in [2.75, 3.05) is 13.1 Å². The van der Waals surface area contributed by atoms with E-state index < -0.39 is 0 Å². The number of nitrogens with zero attached hydrogens (tertiary/aromatic N) is 2. The molecule has 2 heteroatoms. The Morgan fingerprint density at radius 2 is 1.57 bits per heavy atom. The molecule has 0 spiro atoms. The molecule has 0 aromatic heterocycles. The molecule has 0 aromatic rings. The van der Waals surface area contributed by atoms with Crippen LogP contribution < -0.4 is 0 Å². The third-order valence-corrected chi connectivity index (χ3v) is 2.95. The van der Waals surface area contributed by atoms with Crippen molar-refractivity contribution >= 4 is 0 Å². The molecule has 1 heterocycles. The summed E-state index contributed by atoms with van der Waals surface area (Å²) in [5.41, 5.74) is 0.0824. The first-order chi connectivity index (χ1) is 6.55. The topological polar surface area (TPSA) is 27.0 Å². The van der Waals surface area contributed by atoms with E-state index in [9.17, 15) is 5.26 Å². The number of likely N-dealkylation sites (tertiary alicyclic amines) is 1.